The van der Waals surface area contributed by atoms with Gasteiger partial charge in [-0.1, -0.05) is 331 Å². The summed E-state index contributed by atoms with van der Waals surface area (Å²) in [5.74, 6) is -0.815. The smallest absolute Gasteiger partial charge is 0.306 e. The molecule has 10 heteroatoms. The van der Waals surface area contributed by atoms with Crippen LogP contribution in [0.25, 0.3) is 0 Å². The molecule has 0 aromatic rings. The van der Waals surface area contributed by atoms with Gasteiger partial charge in [0.1, 0.15) is 19.8 Å². The molecule has 0 spiro atoms. The van der Waals surface area contributed by atoms with Crippen molar-refractivity contribution in [3.8, 4) is 0 Å². The van der Waals surface area contributed by atoms with Gasteiger partial charge in [-0.15, -0.1) is 0 Å². The third-order valence-corrected chi connectivity index (χ3v) is 16.7. The summed E-state index contributed by atoms with van der Waals surface area (Å²) in [5.41, 5.74) is 0. The molecule has 0 rings (SSSR count). The molecule has 0 saturated carbocycles. The molecule has 0 radical (unpaired) electrons. The van der Waals surface area contributed by atoms with Crippen LogP contribution in [0.5, 0.6) is 0 Å². The average molecular weight is 1200 g/mol. The quantitative estimate of drug-likeness (QED) is 0.0195. The molecular formula is C74H136NO8P. The average Bonchev–Trinajstić information content (AvgIpc) is 3.61. The number of phosphoric ester groups is 1. The number of esters is 2. The molecule has 2 unspecified atom stereocenters. The van der Waals surface area contributed by atoms with E-state index in [9.17, 15) is 19.0 Å². The number of carbonyl (C=O) groups is 2. The van der Waals surface area contributed by atoms with Crippen molar-refractivity contribution in [3.05, 3.63) is 72.9 Å². The number of ether oxygens (including phenoxy) is 2. The maximum Gasteiger partial charge on any atom is 0.306 e. The van der Waals surface area contributed by atoms with E-state index in [2.05, 4.69) is 86.8 Å². The van der Waals surface area contributed by atoms with Crippen molar-refractivity contribution in [2.45, 2.75) is 341 Å². The molecule has 0 aromatic heterocycles. The lowest BCUT2D eigenvalue weighted by atomic mass is 10.0. The first-order chi connectivity index (χ1) is 41.0. The molecule has 490 valence electrons. The van der Waals surface area contributed by atoms with Crippen LogP contribution in [-0.2, 0) is 32.7 Å². The minimum atomic E-state index is -4.64. The van der Waals surface area contributed by atoms with E-state index in [1.807, 2.05) is 21.1 Å². The summed E-state index contributed by atoms with van der Waals surface area (Å²) in [6.07, 6.45) is 87.0. The van der Waals surface area contributed by atoms with Crippen LogP contribution in [-0.4, -0.2) is 70.0 Å². The normalized spacial score (nSPS) is 13.5. The minimum Gasteiger partial charge on any atom is -0.756 e. The molecule has 0 aliphatic carbocycles. The number of allylic oxidation sites excluding steroid dienone is 12. The largest absolute Gasteiger partial charge is 0.756 e. The summed E-state index contributed by atoms with van der Waals surface area (Å²) < 4.78 is 34.3. The highest BCUT2D eigenvalue weighted by atomic mass is 31.2. The Hall–Kier alpha value is -2.55. The maximum atomic E-state index is 12.9. The van der Waals surface area contributed by atoms with Crippen LogP contribution in [0.4, 0.5) is 0 Å². The molecule has 84 heavy (non-hydrogen) atoms. The van der Waals surface area contributed by atoms with Gasteiger partial charge in [0.2, 0.25) is 0 Å². The van der Waals surface area contributed by atoms with E-state index in [0.717, 1.165) is 77.0 Å². The minimum absolute atomic E-state index is 0.0294. The molecule has 0 amide bonds. The summed E-state index contributed by atoms with van der Waals surface area (Å²) >= 11 is 0. The van der Waals surface area contributed by atoms with Gasteiger partial charge in [-0.3, -0.25) is 14.2 Å². The van der Waals surface area contributed by atoms with Crippen LogP contribution in [0.2, 0.25) is 0 Å². The van der Waals surface area contributed by atoms with Crippen LogP contribution < -0.4 is 4.89 Å². The van der Waals surface area contributed by atoms with Crippen molar-refractivity contribution in [2.24, 2.45) is 0 Å². The number of hydrogen-bond acceptors (Lipinski definition) is 8. The van der Waals surface area contributed by atoms with Crippen LogP contribution in [0.1, 0.15) is 335 Å². The monoisotopic (exact) mass is 1200 g/mol. The second kappa shape index (κ2) is 64.9. The fourth-order valence-electron chi connectivity index (χ4n) is 10.3. The molecule has 0 fully saturated rings. The first-order valence-electron chi connectivity index (χ1n) is 35.6. The van der Waals surface area contributed by atoms with Gasteiger partial charge in [-0.05, 0) is 64.2 Å². The van der Waals surface area contributed by atoms with Crippen molar-refractivity contribution < 1.29 is 42.1 Å². The molecular weight excluding hydrogens is 1060 g/mol. The lowest BCUT2D eigenvalue weighted by molar-refractivity contribution is -0.870. The summed E-state index contributed by atoms with van der Waals surface area (Å²) in [7, 11) is 1.18. The number of quaternary nitrogens is 1. The van der Waals surface area contributed by atoms with E-state index in [-0.39, 0.29) is 32.0 Å². The Morgan fingerprint density at radius 2 is 0.679 bits per heavy atom. The Labute approximate surface area is 520 Å². The van der Waals surface area contributed by atoms with Gasteiger partial charge in [0.25, 0.3) is 7.82 Å². The van der Waals surface area contributed by atoms with Crippen LogP contribution in [0.3, 0.4) is 0 Å². The summed E-state index contributed by atoms with van der Waals surface area (Å²) in [5, 5.41) is 0. The number of rotatable bonds is 66. The molecule has 0 saturated heterocycles. The van der Waals surface area contributed by atoms with Crippen LogP contribution >= 0.6 is 7.82 Å². The van der Waals surface area contributed by atoms with Crippen molar-refractivity contribution in [1.82, 2.24) is 0 Å². The Bertz CT molecular complexity index is 1650. The molecule has 0 heterocycles. The van der Waals surface area contributed by atoms with Crippen LogP contribution in [0.15, 0.2) is 72.9 Å². The van der Waals surface area contributed by atoms with Gasteiger partial charge in [0.05, 0.1) is 27.7 Å². The zero-order chi connectivity index (χ0) is 61.2. The van der Waals surface area contributed by atoms with Crippen LogP contribution in [0, 0.1) is 0 Å². The van der Waals surface area contributed by atoms with E-state index < -0.39 is 26.5 Å². The standard InChI is InChI=1S/C74H136NO8P/c1-6-8-10-12-14-16-18-20-22-24-26-28-30-31-32-33-34-35-36-37-38-39-40-41-42-43-45-47-49-51-53-55-57-59-61-63-65-67-74(77)83-72(71-82-84(78,79)81-69-68-75(3,4)5)70-80-73(76)66-64-62-60-58-56-54-52-50-48-46-44-29-27-25-23-21-19-17-15-13-11-9-7-2/h8,10,14,16,20,22,26,28,31-32,34-35,72H,6-7,9,11-13,15,17-19,21,23-25,27,29-30,33,36-71H2,1-5H3/b10-8-,16-14-,22-20-,28-26-,32-31-,35-34-. The van der Waals surface area contributed by atoms with Gasteiger partial charge in [0, 0.05) is 12.8 Å². The van der Waals surface area contributed by atoms with E-state index in [0.29, 0.717) is 17.4 Å². The number of hydrogen-bond donors (Lipinski definition) is 0. The molecule has 0 N–H and O–H groups in total. The highest BCUT2D eigenvalue weighted by Gasteiger charge is 2.22. The van der Waals surface area contributed by atoms with Gasteiger partial charge in [-0.2, -0.15) is 0 Å². The third-order valence-electron chi connectivity index (χ3n) is 15.7. The van der Waals surface area contributed by atoms with E-state index in [1.54, 1.807) is 0 Å². The molecule has 0 aliphatic heterocycles. The van der Waals surface area contributed by atoms with E-state index >= 15 is 0 Å². The zero-order valence-electron chi connectivity index (χ0n) is 55.8. The third kappa shape index (κ3) is 68.6. The fraction of sp³-hybridized carbons (Fsp3) is 0.811. The second-order valence-corrected chi connectivity index (χ2v) is 26.6. The number of phosphoric acid groups is 1. The number of carbonyl (C=O) groups excluding carboxylic acids is 2. The Morgan fingerprint density at radius 3 is 1.01 bits per heavy atom. The predicted molar refractivity (Wildman–Crippen MR) is 360 cm³/mol. The van der Waals surface area contributed by atoms with E-state index in [4.69, 9.17) is 18.5 Å². The molecule has 0 aliphatic rings. The van der Waals surface area contributed by atoms with Crippen molar-refractivity contribution in [1.29, 1.82) is 0 Å². The number of unbranched alkanes of at least 4 members (excludes halogenated alkanes) is 40. The summed E-state index contributed by atoms with van der Waals surface area (Å²) in [6.45, 7) is 4.18. The van der Waals surface area contributed by atoms with Crippen molar-refractivity contribution in [3.63, 3.8) is 0 Å². The van der Waals surface area contributed by atoms with Gasteiger partial charge in [0.15, 0.2) is 6.10 Å². The van der Waals surface area contributed by atoms with Gasteiger partial charge in [-0.25, -0.2) is 0 Å². The first-order valence-corrected chi connectivity index (χ1v) is 37.1. The van der Waals surface area contributed by atoms with Crippen molar-refractivity contribution >= 4 is 19.8 Å². The Balaban J connectivity index is 3.98. The topological polar surface area (TPSA) is 111 Å². The van der Waals surface area contributed by atoms with Gasteiger partial charge >= 0.3 is 11.9 Å². The van der Waals surface area contributed by atoms with Crippen molar-refractivity contribution in [2.75, 3.05) is 47.5 Å². The summed E-state index contributed by atoms with van der Waals surface area (Å²) in [6, 6.07) is 0. The van der Waals surface area contributed by atoms with Gasteiger partial charge < -0.3 is 27.9 Å². The molecule has 0 aromatic carbocycles. The first kappa shape index (κ1) is 81.5. The highest BCUT2D eigenvalue weighted by molar-refractivity contribution is 7.45. The fourth-order valence-corrected chi connectivity index (χ4v) is 11.0. The molecule has 9 nitrogen and oxygen atoms in total. The maximum absolute atomic E-state index is 12.9. The predicted octanol–water partition coefficient (Wildman–Crippen LogP) is 22.5. The second-order valence-electron chi connectivity index (χ2n) is 25.2. The van der Waals surface area contributed by atoms with E-state index in [1.165, 1.54) is 225 Å². The number of likely N-dealkylation sites (N-methyl/N-ethyl adjacent to an activating group) is 1. The molecule has 0 bridgehead atoms. The highest BCUT2D eigenvalue weighted by Crippen LogP contribution is 2.38. The molecule has 2 atom stereocenters. The number of nitrogens with zero attached hydrogens (tertiary/aromatic N) is 1. The SMILES string of the molecule is CC/C=C\C/C=C\C/C=C\C/C=C\C/C=C\C/C=C\CCCCCCCCCCCCCCCCCCCCC(=O)OC(COC(=O)CCCCCCCCCCCCCCCCCCCCCCCCC)COP(=O)([O-])OCC[N+](C)(C)C. The lowest BCUT2D eigenvalue weighted by Gasteiger charge is -2.28. The summed E-state index contributed by atoms with van der Waals surface area (Å²) in [4.78, 5) is 38.1. The Morgan fingerprint density at radius 1 is 0.381 bits per heavy atom. The lowest BCUT2D eigenvalue weighted by Crippen LogP contribution is -2.37. The Kier molecular flexibility index (Phi) is 62.9. The zero-order valence-corrected chi connectivity index (χ0v) is 56.7.